The van der Waals surface area contributed by atoms with E-state index in [-0.39, 0.29) is 5.56 Å². The molecule has 0 spiro atoms. The first-order chi connectivity index (χ1) is 11.1. The second-order valence-electron chi connectivity index (χ2n) is 6.90. The van der Waals surface area contributed by atoms with Crippen LogP contribution in [0, 0.1) is 25.7 Å². The predicted molar refractivity (Wildman–Crippen MR) is 90.4 cm³/mol. The minimum absolute atomic E-state index is 0.0859. The van der Waals surface area contributed by atoms with Crippen molar-refractivity contribution in [3.8, 4) is 11.4 Å². The number of aromatic nitrogens is 3. The molecule has 2 aromatic rings. The molecule has 23 heavy (non-hydrogen) atoms. The summed E-state index contributed by atoms with van der Waals surface area (Å²) in [6, 6.07) is 4.55. The summed E-state index contributed by atoms with van der Waals surface area (Å²) in [6.45, 7) is 3.64. The van der Waals surface area contributed by atoms with Crippen LogP contribution in [0.2, 0.25) is 0 Å². The van der Waals surface area contributed by atoms with Crippen molar-refractivity contribution in [3.05, 3.63) is 39.9 Å². The molecule has 2 aromatic heterocycles. The molecule has 0 unspecified atom stereocenters. The average Bonchev–Trinajstić information content (AvgIpc) is 3.44. The van der Waals surface area contributed by atoms with Crippen LogP contribution in [0.25, 0.3) is 11.4 Å². The van der Waals surface area contributed by atoms with Gasteiger partial charge in [0.15, 0.2) is 0 Å². The Labute approximate surface area is 135 Å². The molecule has 2 aliphatic carbocycles. The first-order valence-corrected chi connectivity index (χ1v) is 8.42. The summed E-state index contributed by atoms with van der Waals surface area (Å²) in [4.78, 5) is 23.7. The van der Waals surface area contributed by atoms with Crippen molar-refractivity contribution >= 4 is 5.82 Å². The topological polar surface area (TPSA) is 70.7 Å². The van der Waals surface area contributed by atoms with Crippen molar-refractivity contribution in [2.45, 2.75) is 45.6 Å². The molecule has 0 amide bonds. The molecule has 0 atom stereocenters. The number of nitrogens with zero attached hydrogens (tertiary/aromatic N) is 2. The zero-order valence-corrected chi connectivity index (χ0v) is 13.6. The fourth-order valence-electron chi connectivity index (χ4n) is 3.10. The molecule has 2 N–H and O–H groups in total. The smallest absolute Gasteiger partial charge is 0.254 e. The lowest BCUT2D eigenvalue weighted by atomic mass is 10.1. The first kappa shape index (κ1) is 14.4. The van der Waals surface area contributed by atoms with Crippen LogP contribution < -0.4 is 10.9 Å². The first-order valence-electron chi connectivity index (χ1n) is 8.42. The Morgan fingerprint density at radius 3 is 2.39 bits per heavy atom. The zero-order valence-electron chi connectivity index (χ0n) is 13.6. The normalized spacial score (nSPS) is 17.5. The van der Waals surface area contributed by atoms with Crippen LogP contribution in [0.1, 0.15) is 36.9 Å². The molecule has 0 aliphatic heterocycles. The van der Waals surface area contributed by atoms with Crippen molar-refractivity contribution in [3.63, 3.8) is 0 Å². The molecule has 120 valence electrons. The highest BCUT2D eigenvalue weighted by atomic mass is 16.1. The number of H-pyrrole nitrogens is 1. The summed E-state index contributed by atoms with van der Waals surface area (Å²) in [5.74, 6) is 3.17. The standard InChI is InChI=1S/C18H22N4O/c1-10-11(2)20-17(22-18(10)23)14-7-8-15(19-9-14)21-16(12-3-4-12)13-5-6-13/h7-9,12-13,16H,3-6H2,1-2H3,(H,19,21)(H,20,22,23). The van der Waals surface area contributed by atoms with Gasteiger partial charge in [-0.1, -0.05) is 0 Å². The van der Waals surface area contributed by atoms with Gasteiger partial charge in [0, 0.05) is 29.1 Å². The van der Waals surface area contributed by atoms with Gasteiger partial charge in [-0.05, 0) is 63.5 Å². The van der Waals surface area contributed by atoms with Gasteiger partial charge in [-0.25, -0.2) is 9.97 Å². The molecule has 0 saturated heterocycles. The van der Waals surface area contributed by atoms with E-state index in [1.165, 1.54) is 25.7 Å². The van der Waals surface area contributed by atoms with E-state index < -0.39 is 0 Å². The van der Waals surface area contributed by atoms with Gasteiger partial charge >= 0.3 is 0 Å². The molecule has 0 bridgehead atoms. The second-order valence-corrected chi connectivity index (χ2v) is 6.90. The van der Waals surface area contributed by atoms with Gasteiger partial charge in [-0.2, -0.15) is 0 Å². The Morgan fingerprint density at radius 2 is 1.87 bits per heavy atom. The molecule has 2 heterocycles. The van der Waals surface area contributed by atoms with Gasteiger partial charge in [0.1, 0.15) is 11.6 Å². The lowest BCUT2D eigenvalue weighted by molar-refractivity contribution is 0.566. The molecule has 2 saturated carbocycles. The molecule has 0 aromatic carbocycles. The highest BCUT2D eigenvalue weighted by molar-refractivity contribution is 5.56. The second kappa shape index (κ2) is 5.48. The van der Waals surface area contributed by atoms with E-state index in [2.05, 4.69) is 20.3 Å². The Hall–Kier alpha value is -2.17. The SMILES string of the molecule is Cc1nc(-c2ccc(NC(C3CC3)C3CC3)nc2)[nH]c(=O)c1C. The fraction of sp³-hybridized carbons (Fsp3) is 0.500. The van der Waals surface area contributed by atoms with E-state index in [4.69, 9.17) is 0 Å². The van der Waals surface area contributed by atoms with E-state index in [0.717, 1.165) is 28.9 Å². The lowest BCUT2D eigenvalue weighted by Crippen LogP contribution is -2.24. The largest absolute Gasteiger partial charge is 0.367 e. The van der Waals surface area contributed by atoms with E-state index in [1.54, 1.807) is 13.1 Å². The maximum Gasteiger partial charge on any atom is 0.254 e. The van der Waals surface area contributed by atoms with Crippen LogP contribution in [-0.2, 0) is 0 Å². The van der Waals surface area contributed by atoms with Gasteiger partial charge in [0.25, 0.3) is 5.56 Å². The molecular formula is C18H22N4O. The van der Waals surface area contributed by atoms with Gasteiger partial charge < -0.3 is 10.3 Å². The molecule has 2 aliphatic rings. The quantitative estimate of drug-likeness (QED) is 0.890. The van der Waals surface area contributed by atoms with Gasteiger partial charge in [0.05, 0.1) is 0 Å². The molecule has 4 rings (SSSR count). The predicted octanol–water partition coefficient (Wildman–Crippen LogP) is 3.05. The van der Waals surface area contributed by atoms with Gasteiger partial charge in [0.2, 0.25) is 0 Å². The molecular weight excluding hydrogens is 288 g/mol. The number of hydrogen-bond donors (Lipinski definition) is 2. The number of anilines is 1. The Balaban J connectivity index is 1.54. The highest BCUT2D eigenvalue weighted by Crippen LogP contribution is 2.45. The van der Waals surface area contributed by atoms with E-state index >= 15 is 0 Å². The number of pyridine rings is 1. The van der Waals surface area contributed by atoms with Crippen molar-refractivity contribution in [2.24, 2.45) is 11.8 Å². The summed E-state index contributed by atoms with van der Waals surface area (Å²) in [6.07, 6.45) is 7.17. The van der Waals surface area contributed by atoms with Crippen molar-refractivity contribution in [1.82, 2.24) is 15.0 Å². The third kappa shape index (κ3) is 3.00. The molecule has 5 heteroatoms. The Kier molecular flexibility index (Phi) is 3.43. The fourth-order valence-corrected chi connectivity index (χ4v) is 3.10. The number of nitrogens with one attached hydrogen (secondary N) is 2. The zero-order chi connectivity index (χ0) is 16.0. The lowest BCUT2D eigenvalue weighted by Gasteiger charge is -2.18. The summed E-state index contributed by atoms with van der Waals surface area (Å²) in [7, 11) is 0. The van der Waals surface area contributed by atoms with Crippen molar-refractivity contribution in [1.29, 1.82) is 0 Å². The van der Waals surface area contributed by atoms with Crippen LogP contribution in [-0.4, -0.2) is 21.0 Å². The maximum atomic E-state index is 11.9. The third-order valence-electron chi connectivity index (χ3n) is 5.01. The summed E-state index contributed by atoms with van der Waals surface area (Å²) in [5, 5.41) is 3.61. The van der Waals surface area contributed by atoms with E-state index in [1.807, 2.05) is 19.1 Å². The van der Waals surface area contributed by atoms with Crippen molar-refractivity contribution in [2.75, 3.05) is 5.32 Å². The monoisotopic (exact) mass is 310 g/mol. The third-order valence-corrected chi connectivity index (χ3v) is 5.01. The number of aromatic amines is 1. The van der Waals surface area contributed by atoms with Crippen LogP contribution in [0.4, 0.5) is 5.82 Å². The maximum absolute atomic E-state index is 11.9. The Bertz CT molecular complexity index is 761. The number of hydrogen-bond acceptors (Lipinski definition) is 4. The van der Waals surface area contributed by atoms with Crippen LogP contribution in [0.3, 0.4) is 0 Å². The molecule has 2 fully saturated rings. The summed E-state index contributed by atoms with van der Waals surface area (Å²) < 4.78 is 0. The van der Waals surface area contributed by atoms with Crippen LogP contribution in [0.5, 0.6) is 0 Å². The molecule has 0 radical (unpaired) electrons. The minimum Gasteiger partial charge on any atom is -0.367 e. The minimum atomic E-state index is -0.0859. The van der Waals surface area contributed by atoms with Crippen molar-refractivity contribution < 1.29 is 0 Å². The highest BCUT2D eigenvalue weighted by Gasteiger charge is 2.41. The van der Waals surface area contributed by atoms with E-state index in [0.29, 0.717) is 17.4 Å². The number of rotatable bonds is 5. The van der Waals surface area contributed by atoms with E-state index in [9.17, 15) is 4.79 Å². The number of aryl methyl sites for hydroxylation is 1. The summed E-state index contributed by atoms with van der Waals surface area (Å²) in [5.41, 5.74) is 2.17. The van der Waals surface area contributed by atoms with Crippen LogP contribution >= 0.6 is 0 Å². The molecule has 5 nitrogen and oxygen atoms in total. The average molecular weight is 310 g/mol. The summed E-state index contributed by atoms with van der Waals surface area (Å²) >= 11 is 0. The Morgan fingerprint density at radius 1 is 1.17 bits per heavy atom. The van der Waals surface area contributed by atoms with Crippen LogP contribution in [0.15, 0.2) is 23.1 Å². The van der Waals surface area contributed by atoms with Gasteiger partial charge in [-0.3, -0.25) is 4.79 Å². The van der Waals surface area contributed by atoms with Gasteiger partial charge in [-0.15, -0.1) is 0 Å².